The first-order valence-corrected chi connectivity index (χ1v) is 7.62. The molecule has 0 N–H and O–H groups in total. The lowest BCUT2D eigenvalue weighted by Gasteiger charge is -2.04. The summed E-state index contributed by atoms with van der Waals surface area (Å²) in [6, 6.07) is 7.20. The number of aromatic nitrogens is 4. The Kier molecular flexibility index (Phi) is 4.43. The molecule has 1 aromatic carbocycles. The number of nitrogens with zero attached hydrogens (tertiary/aromatic N) is 6. The fraction of sp³-hybridized carbons (Fsp3) is 0.267. The number of hydrogen-bond donors (Lipinski definition) is 0. The molecule has 3 aromatic rings. The van der Waals surface area contributed by atoms with Gasteiger partial charge in [0.2, 0.25) is 11.7 Å². The zero-order chi connectivity index (χ0) is 18.8. The second-order valence-corrected chi connectivity index (χ2v) is 5.74. The average Bonchev–Trinajstić information content (AvgIpc) is 3.23. The normalized spacial score (nSPS) is 12.1. The molecule has 0 bridgehead atoms. The van der Waals surface area contributed by atoms with Crippen molar-refractivity contribution in [2.24, 2.45) is 0 Å². The van der Waals surface area contributed by atoms with E-state index in [4.69, 9.17) is 4.52 Å². The van der Waals surface area contributed by atoms with Crippen molar-refractivity contribution >= 4 is 11.5 Å². The van der Waals surface area contributed by atoms with E-state index in [1.54, 1.807) is 19.1 Å². The van der Waals surface area contributed by atoms with E-state index in [1.165, 1.54) is 22.9 Å². The summed E-state index contributed by atoms with van der Waals surface area (Å²) in [6.07, 6.45) is 0. The fourth-order valence-corrected chi connectivity index (χ4v) is 2.39. The van der Waals surface area contributed by atoms with E-state index in [1.807, 2.05) is 6.92 Å². The van der Waals surface area contributed by atoms with Gasteiger partial charge in [-0.2, -0.15) is 9.67 Å². The van der Waals surface area contributed by atoms with Crippen molar-refractivity contribution in [3.05, 3.63) is 62.1 Å². The lowest BCUT2D eigenvalue weighted by atomic mass is 10.1. The van der Waals surface area contributed by atoms with Crippen LogP contribution in [0.1, 0.15) is 24.4 Å². The summed E-state index contributed by atoms with van der Waals surface area (Å²) in [7, 11) is 0. The molecule has 0 aliphatic carbocycles. The van der Waals surface area contributed by atoms with E-state index in [2.05, 4.69) is 15.2 Å². The van der Waals surface area contributed by atoms with Crippen molar-refractivity contribution in [3.8, 4) is 11.4 Å². The second-order valence-electron chi connectivity index (χ2n) is 5.74. The highest BCUT2D eigenvalue weighted by molar-refractivity contribution is 5.56. The van der Waals surface area contributed by atoms with E-state index in [9.17, 15) is 20.2 Å². The summed E-state index contributed by atoms with van der Waals surface area (Å²) in [5.74, 6) is 0.208. The predicted octanol–water partition coefficient (Wildman–Crippen LogP) is 2.86. The van der Waals surface area contributed by atoms with Gasteiger partial charge in [-0.3, -0.25) is 10.1 Å². The SMILES string of the molecule is Cc1cc([N+](=O)[O-])nn1CC(C)c1nc(-c2ccc([N+](=O)[O-])cc2)no1. The van der Waals surface area contributed by atoms with Crippen LogP contribution in [0.5, 0.6) is 0 Å². The number of rotatable bonds is 6. The van der Waals surface area contributed by atoms with E-state index in [-0.39, 0.29) is 17.4 Å². The molecule has 0 aliphatic rings. The van der Waals surface area contributed by atoms with Gasteiger partial charge in [-0.25, -0.2) is 0 Å². The molecule has 1 unspecified atom stereocenters. The Balaban J connectivity index is 1.76. The molecule has 0 radical (unpaired) electrons. The second kappa shape index (κ2) is 6.70. The van der Waals surface area contributed by atoms with E-state index >= 15 is 0 Å². The lowest BCUT2D eigenvalue weighted by Crippen LogP contribution is -2.10. The molecule has 0 amide bonds. The molecule has 11 nitrogen and oxygen atoms in total. The van der Waals surface area contributed by atoms with Gasteiger partial charge in [-0.05, 0) is 24.0 Å². The van der Waals surface area contributed by atoms with Crippen LogP contribution in [0.3, 0.4) is 0 Å². The fourth-order valence-electron chi connectivity index (χ4n) is 2.39. The third-order valence-corrected chi connectivity index (χ3v) is 3.80. The monoisotopic (exact) mass is 358 g/mol. The van der Waals surface area contributed by atoms with Gasteiger partial charge < -0.3 is 14.6 Å². The Hall–Kier alpha value is -3.63. The Morgan fingerprint density at radius 2 is 1.88 bits per heavy atom. The number of aryl methyl sites for hydroxylation is 1. The highest BCUT2D eigenvalue weighted by Gasteiger charge is 2.21. The van der Waals surface area contributed by atoms with Gasteiger partial charge in [0.05, 0.1) is 34.2 Å². The minimum atomic E-state index is -0.548. The molecule has 1 atom stereocenters. The van der Waals surface area contributed by atoms with Gasteiger partial charge in [-0.15, -0.1) is 0 Å². The highest BCUT2D eigenvalue weighted by Crippen LogP contribution is 2.23. The maximum Gasteiger partial charge on any atom is 0.390 e. The average molecular weight is 358 g/mol. The molecule has 11 heteroatoms. The van der Waals surface area contributed by atoms with Crippen LogP contribution in [0, 0.1) is 27.2 Å². The van der Waals surface area contributed by atoms with E-state index < -0.39 is 9.85 Å². The zero-order valence-electron chi connectivity index (χ0n) is 13.9. The molecule has 0 fully saturated rings. The van der Waals surface area contributed by atoms with E-state index in [0.29, 0.717) is 29.5 Å². The summed E-state index contributed by atoms with van der Waals surface area (Å²) in [6.45, 7) is 3.89. The molecule has 2 aromatic heterocycles. The minimum absolute atomic E-state index is 0.0263. The molecular weight excluding hydrogens is 344 g/mol. The van der Waals surface area contributed by atoms with Crippen molar-refractivity contribution in [3.63, 3.8) is 0 Å². The molecule has 0 aliphatic heterocycles. The minimum Gasteiger partial charge on any atom is -0.358 e. The quantitative estimate of drug-likeness (QED) is 0.483. The number of hydrogen-bond acceptors (Lipinski definition) is 8. The first-order valence-electron chi connectivity index (χ1n) is 7.62. The van der Waals surface area contributed by atoms with Crippen LogP contribution in [0.2, 0.25) is 0 Å². The number of non-ortho nitro benzene ring substituents is 1. The Morgan fingerprint density at radius 1 is 1.19 bits per heavy atom. The van der Waals surface area contributed by atoms with Gasteiger partial charge in [0.1, 0.15) is 0 Å². The summed E-state index contributed by atoms with van der Waals surface area (Å²) < 4.78 is 6.77. The molecule has 26 heavy (non-hydrogen) atoms. The molecule has 0 spiro atoms. The van der Waals surface area contributed by atoms with Crippen molar-refractivity contribution in [2.75, 3.05) is 0 Å². The summed E-state index contributed by atoms with van der Waals surface area (Å²) in [5.41, 5.74) is 1.21. The number of nitro benzene ring substituents is 1. The van der Waals surface area contributed by atoms with Crippen LogP contribution in [0.25, 0.3) is 11.4 Å². The van der Waals surface area contributed by atoms with Crippen molar-refractivity contribution in [2.45, 2.75) is 26.3 Å². The van der Waals surface area contributed by atoms with Crippen LogP contribution in [-0.4, -0.2) is 29.8 Å². The van der Waals surface area contributed by atoms with Crippen LogP contribution in [-0.2, 0) is 6.54 Å². The molecule has 2 heterocycles. The summed E-state index contributed by atoms with van der Waals surface area (Å²) in [4.78, 5) is 24.8. The van der Waals surface area contributed by atoms with Crippen LogP contribution in [0.15, 0.2) is 34.9 Å². The maximum atomic E-state index is 10.8. The van der Waals surface area contributed by atoms with Gasteiger partial charge >= 0.3 is 5.82 Å². The smallest absolute Gasteiger partial charge is 0.358 e. The summed E-state index contributed by atoms with van der Waals surface area (Å²) in [5, 5.41) is 29.3. The molecular formula is C15H14N6O5. The molecule has 134 valence electrons. The largest absolute Gasteiger partial charge is 0.390 e. The zero-order valence-corrected chi connectivity index (χ0v) is 13.9. The van der Waals surface area contributed by atoms with E-state index in [0.717, 1.165) is 0 Å². The Labute approximate surface area is 146 Å². The Morgan fingerprint density at radius 3 is 2.46 bits per heavy atom. The first-order chi connectivity index (χ1) is 12.3. The van der Waals surface area contributed by atoms with Gasteiger partial charge in [-0.1, -0.05) is 12.1 Å². The van der Waals surface area contributed by atoms with Crippen molar-refractivity contribution in [1.29, 1.82) is 0 Å². The van der Waals surface area contributed by atoms with Crippen molar-refractivity contribution in [1.82, 2.24) is 19.9 Å². The molecule has 0 saturated carbocycles. The number of benzene rings is 1. The summed E-state index contributed by atoms with van der Waals surface area (Å²) >= 11 is 0. The van der Waals surface area contributed by atoms with Gasteiger partial charge in [0, 0.05) is 17.7 Å². The lowest BCUT2D eigenvalue weighted by molar-refractivity contribution is -0.389. The standard InChI is InChI=1S/C15H14N6O5/c1-9(8-19-10(2)7-13(17-19)21(24)25)15-16-14(18-26-15)11-3-5-12(6-4-11)20(22)23/h3-7,9H,8H2,1-2H3. The first kappa shape index (κ1) is 17.2. The molecule has 3 rings (SSSR count). The third-order valence-electron chi connectivity index (χ3n) is 3.80. The highest BCUT2D eigenvalue weighted by atomic mass is 16.6. The van der Waals surface area contributed by atoms with Gasteiger partial charge in [0.25, 0.3) is 5.69 Å². The Bertz CT molecular complexity index is 961. The maximum absolute atomic E-state index is 10.8. The van der Waals surface area contributed by atoms with Gasteiger partial charge in [0.15, 0.2) is 0 Å². The third kappa shape index (κ3) is 3.41. The topological polar surface area (TPSA) is 143 Å². The van der Waals surface area contributed by atoms with Crippen molar-refractivity contribution < 1.29 is 14.4 Å². The van der Waals surface area contributed by atoms with Crippen LogP contribution in [0.4, 0.5) is 11.5 Å². The number of nitro groups is 2. The predicted molar refractivity (Wildman–Crippen MR) is 88.4 cm³/mol. The molecule has 0 saturated heterocycles. The van der Waals surface area contributed by atoms with Crippen LogP contribution < -0.4 is 0 Å². The van der Waals surface area contributed by atoms with Crippen LogP contribution >= 0.6 is 0 Å².